The van der Waals surface area contributed by atoms with E-state index in [9.17, 15) is 15.3 Å². The van der Waals surface area contributed by atoms with Gasteiger partial charge in [0.15, 0.2) is 6.29 Å². The van der Waals surface area contributed by atoms with Crippen LogP contribution >= 0.6 is 0 Å². The van der Waals surface area contributed by atoms with Crippen LogP contribution in [0.25, 0.3) is 0 Å². The van der Waals surface area contributed by atoms with Crippen molar-refractivity contribution < 1.29 is 44.1 Å². The first-order valence-corrected chi connectivity index (χ1v) is 12.3. The fourth-order valence-electron chi connectivity index (χ4n) is 3.48. The molecule has 1 fully saturated rings. The van der Waals surface area contributed by atoms with E-state index in [-0.39, 0.29) is 13.2 Å². The predicted octanol–water partition coefficient (Wildman–Crippen LogP) is 1.38. The first kappa shape index (κ1) is 29.7. The summed E-state index contributed by atoms with van der Waals surface area (Å²) in [5.41, 5.74) is 0. The van der Waals surface area contributed by atoms with Crippen LogP contribution in [0, 0.1) is 0 Å². The van der Waals surface area contributed by atoms with E-state index in [1.807, 2.05) is 0 Å². The second-order valence-corrected chi connectivity index (χ2v) is 8.23. The number of unbranched alkanes of at least 4 members (excludes halogenated alkanes) is 8. The summed E-state index contributed by atoms with van der Waals surface area (Å²) in [6, 6.07) is 0. The summed E-state index contributed by atoms with van der Waals surface area (Å²) in [6.07, 6.45) is 5.40. The first-order valence-electron chi connectivity index (χ1n) is 12.3. The minimum Gasteiger partial charge on any atom is -0.394 e. The Bertz CT molecular complexity index is 411. The summed E-state index contributed by atoms with van der Waals surface area (Å²) in [5, 5.41) is 38.4. The molecule has 192 valence electrons. The average molecular weight is 467 g/mol. The van der Waals surface area contributed by atoms with Gasteiger partial charge in [-0.1, -0.05) is 58.3 Å². The van der Waals surface area contributed by atoms with Crippen molar-refractivity contribution in [2.75, 3.05) is 52.9 Å². The minimum absolute atomic E-state index is 0.130. The Balaban J connectivity index is 1.82. The minimum atomic E-state index is -1.44. The second-order valence-electron chi connectivity index (χ2n) is 8.23. The normalized spacial score (nSPS) is 26.0. The van der Waals surface area contributed by atoms with Crippen LogP contribution in [0.15, 0.2) is 0 Å². The molecule has 0 amide bonds. The van der Waals surface area contributed by atoms with Gasteiger partial charge in [-0.15, -0.1) is 0 Å². The van der Waals surface area contributed by atoms with Gasteiger partial charge in [0, 0.05) is 6.61 Å². The Morgan fingerprint density at radius 1 is 0.594 bits per heavy atom. The zero-order valence-corrected chi connectivity index (χ0v) is 19.7. The van der Waals surface area contributed by atoms with E-state index < -0.39 is 37.3 Å². The van der Waals surface area contributed by atoms with Crippen molar-refractivity contribution >= 4 is 0 Å². The molecular weight excluding hydrogens is 420 g/mol. The molecule has 9 nitrogen and oxygen atoms in total. The van der Waals surface area contributed by atoms with Crippen LogP contribution in [0.1, 0.15) is 64.7 Å². The van der Waals surface area contributed by atoms with E-state index in [1.54, 1.807) is 0 Å². The summed E-state index contributed by atoms with van der Waals surface area (Å²) in [7, 11) is 0. The van der Waals surface area contributed by atoms with Crippen LogP contribution in [0.5, 0.6) is 0 Å². The molecule has 1 saturated heterocycles. The van der Waals surface area contributed by atoms with Crippen molar-refractivity contribution in [2.45, 2.75) is 95.4 Å². The van der Waals surface area contributed by atoms with E-state index in [0.29, 0.717) is 26.4 Å². The van der Waals surface area contributed by atoms with Crippen LogP contribution < -0.4 is 0 Å². The van der Waals surface area contributed by atoms with Crippen molar-refractivity contribution in [3.8, 4) is 0 Å². The number of rotatable bonds is 21. The zero-order chi connectivity index (χ0) is 23.4. The lowest BCUT2D eigenvalue weighted by molar-refractivity contribution is -0.302. The molecule has 0 aliphatic carbocycles. The van der Waals surface area contributed by atoms with Crippen LogP contribution in [0.4, 0.5) is 0 Å². The molecule has 0 aromatic heterocycles. The quantitative estimate of drug-likeness (QED) is 0.186. The van der Waals surface area contributed by atoms with E-state index in [0.717, 1.165) is 13.0 Å². The number of hydrogen-bond donors (Lipinski definition) is 4. The van der Waals surface area contributed by atoms with Crippen LogP contribution in [-0.4, -0.2) is 104 Å². The number of hydrogen-bond acceptors (Lipinski definition) is 9. The lowest BCUT2D eigenvalue weighted by Crippen LogP contribution is -2.59. The van der Waals surface area contributed by atoms with Crippen molar-refractivity contribution in [1.82, 2.24) is 0 Å². The number of aliphatic hydroxyl groups is 4. The summed E-state index contributed by atoms with van der Waals surface area (Å²) in [4.78, 5) is 0. The van der Waals surface area contributed by atoms with Gasteiger partial charge in [-0.2, -0.15) is 0 Å². The zero-order valence-electron chi connectivity index (χ0n) is 19.7. The molecule has 4 N–H and O–H groups in total. The molecule has 1 aliphatic rings. The monoisotopic (exact) mass is 466 g/mol. The standard InChI is InChI=1S/C23H46O9/c1-2-3-4-5-6-7-8-9-10-11-28-12-13-29-14-15-30-16-17-31-23-22(27)21(26)20(25)19(18-24)32-23/h19-27H,2-18H2,1H3. The largest absolute Gasteiger partial charge is 0.394 e. The molecule has 0 aromatic carbocycles. The van der Waals surface area contributed by atoms with Gasteiger partial charge in [0.2, 0.25) is 0 Å². The molecule has 0 bridgehead atoms. The molecule has 0 saturated carbocycles. The van der Waals surface area contributed by atoms with E-state index >= 15 is 0 Å². The molecule has 1 heterocycles. The third-order valence-corrected chi connectivity index (χ3v) is 5.49. The van der Waals surface area contributed by atoms with Gasteiger partial charge in [0.05, 0.1) is 46.2 Å². The molecule has 1 rings (SSSR count). The summed E-state index contributed by atoms with van der Waals surface area (Å²) in [6.45, 7) is 4.89. The molecule has 0 aromatic rings. The van der Waals surface area contributed by atoms with Gasteiger partial charge >= 0.3 is 0 Å². The van der Waals surface area contributed by atoms with E-state index in [1.165, 1.54) is 51.4 Å². The Morgan fingerprint density at radius 2 is 1.09 bits per heavy atom. The van der Waals surface area contributed by atoms with Crippen molar-refractivity contribution in [2.24, 2.45) is 0 Å². The fraction of sp³-hybridized carbons (Fsp3) is 1.00. The molecule has 1 aliphatic heterocycles. The van der Waals surface area contributed by atoms with Crippen LogP contribution in [0.3, 0.4) is 0 Å². The summed E-state index contributed by atoms with van der Waals surface area (Å²) < 4.78 is 27.0. The topological polar surface area (TPSA) is 127 Å². The van der Waals surface area contributed by atoms with Crippen molar-refractivity contribution in [1.29, 1.82) is 0 Å². The molecule has 0 spiro atoms. The molecule has 0 radical (unpaired) electrons. The predicted molar refractivity (Wildman–Crippen MR) is 119 cm³/mol. The van der Waals surface area contributed by atoms with Crippen molar-refractivity contribution in [3.63, 3.8) is 0 Å². The highest BCUT2D eigenvalue weighted by molar-refractivity contribution is 4.88. The van der Waals surface area contributed by atoms with Gasteiger partial charge < -0.3 is 44.1 Å². The molecule has 9 heteroatoms. The van der Waals surface area contributed by atoms with Crippen molar-refractivity contribution in [3.05, 3.63) is 0 Å². The van der Waals surface area contributed by atoms with Crippen LogP contribution in [0.2, 0.25) is 0 Å². The van der Waals surface area contributed by atoms with Gasteiger partial charge in [-0.25, -0.2) is 0 Å². The Kier molecular flexibility index (Phi) is 18.6. The Labute approximate surface area is 193 Å². The van der Waals surface area contributed by atoms with Gasteiger partial charge in [-0.05, 0) is 6.42 Å². The average Bonchev–Trinajstić information content (AvgIpc) is 2.80. The second kappa shape index (κ2) is 20.1. The number of aliphatic hydroxyl groups excluding tert-OH is 4. The molecule has 32 heavy (non-hydrogen) atoms. The molecular formula is C23H46O9. The Morgan fingerprint density at radius 3 is 1.66 bits per heavy atom. The van der Waals surface area contributed by atoms with Gasteiger partial charge in [-0.3, -0.25) is 0 Å². The van der Waals surface area contributed by atoms with Crippen LogP contribution in [-0.2, 0) is 23.7 Å². The summed E-state index contributed by atoms with van der Waals surface area (Å²) in [5.74, 6) is 0. The van der Waals surface area contributed by atoms with Gasteiger partial charge in [0.25, 0.3) is 0 Å². The van der Waals surface area contributed by atoms with Gasteiger partial charge in [0.1, 0.15) is 24.4 Å². The maximum Gasteiger partial charge on any atom is 0.186 e. The summed E-state index contributed by atoms with van der Waals surface area (Å²) >= 11 is 0. The maximum atomic E-state index is 9.86. The molecule has 5 unspecified atom stereocenters. The number of ether oxygens (including phenoxy) is 5. The Hall–Kier alpha value is -0.360. The SMILES string of the molecule is CCCCCCCCCCCOCCOCCOCCOC1OC(CO)C(O)C(O)C1O. The third kappa shape index (κ3) is 13.4. The maximum absolute atomic E-state index is 9.86. The highest BCUT2D eigenvalue weighted by atomic mass is 16.7. The van der Waals surface area contributed by atoms with E-state index in [4.69, 9.17) is 28.8 Å². The van der Waals surface area contributed by atoms with E-state index in [2.05, 4.69) is 6.92 Å². The fourth-order valence-corrected chi connectivity index (χ4v) is 3.48. The lowest BCUT2D eigenvalue weighted by atomic mass is 9.99. The third-order valence-electron chi connectivity index (χ3n) is 5.49. The molecule has 5 atom stereocenters. The highest BCUT2D eigenvalue weighted by Gasteiger charge is 2.43. The smallest absolute Gasteiger partial charge is 0.186 e. The first-order chi connectivity index (χ1) is 15.6. The lowest BCUT2D eigenvalue weighted by Gasteiger charge is -2.39. The highest BCUT2D eigenvalue weighted by Crippen LogP contribution is 2.21.